The number of hydrogen-bond donors (Lipinski definition) is 1. The normalized spacial score (nSPS) is 32.0. The van der Waals surface area contributed by atoms with Crippen LogP contribution in [0.4, 0.5) is 13.6 Å². The van der Waals surface area contributed by atoms with E-state index in [1.165, 1.54) is 0 Å². The van der Waals surface area contributed by atoms with Crippen LogP contribution in [0.1, 0.15) is 32.1 Å². The number of alkyl halides is 2. The number of morpholine rings is 1. The average Bonchev–Trinajstić information content (AvgIpc) is 2.69. The van der Waals surface area contributed by atoms with Crippen LogP contribution in [0.5, 0.6) is 0 Å². The first-order valence-corrected chi connectivity index (χ1v) is 10.4. The minimum absolute atomic E-state index is 0.00408. The van der Waals surface area contributed by atoms with Gasteiger partial charge in [-0.25, -0.2) is 13.6 Å². The summed E-state index contributed by atoms with van der Waals surface area (Å²) in [6.45, 7) is 4.47. The van der Waals surface area contributed by atoms with Gasteiger partial charge in [0.1, 0.15) is 6.61 Å². The van der Waals surface area contributed by atoms with Gasteiger partial charge in [0.05, 0.1) is 12.1 Å². The molecule has 4 rings (SSSR count). The van der Waals surface area contributed by atoms with Crippen LogP contribution < -0.4 is 5.32 Å². The maximum Gasteiger partial charge on any atom is 0.320 e. The molecule has 4 aliphatic heterocycles. The van der Waals surface area contributed by atoms with E-state index in [1.807, 2.05) is 9.80 Å². The first-order chi connectivity index (χ1) is 13.4. The zero-order valence-corrected chi connectivity index (χ0v) is 16.2. The minimum Gasteiger partial charge on any atom is -0.366 e. The third kappa shape index (κ3) is 4.56. The van der Waals surface area contributed by atoms with E-state index in [-0.39, 0.29) is 43.5 Å². The Bertz CT molecular complexity index is 588. The van der Waals surface area contributed by atoms with Gasteiger partial charge in [0, 0.05) is 58.7 Å². The van der Waals surface area contributed by atoms with E-state index < -0.39 is 5.92 Å². The highest BCUT2D eigenvalue weighted by Crippen LogP contribution is 2.29. The molecule has 7 nitrogen and oxygen atoms in total. The Morgan fingerprint density at radius 2 is 1.75 bits per heavy atom. The van der Waals surface area contributed by atoms with Gasteiger partial charge in [0.15, 0.2) is 0 Å². The molecule has 28 heavy (non-hydrogen) atoms. The van der Waals surface area contributed by atoms with Crippen molar-refractivity contribution in [3.63, 3.8) is 0 Å². The van der Waals surface area contributed by atoms with Crippen LogP contribution in [0.3, 0.4) is 0 Å². The lowest BCUT2D eigenvalue weighted by Crippen LogP contribution is -2.62. The highest BCUT2D eigenvalue weighted by Gasteiger charge is 2.38. The van der Waals surface area contributed by atoms with Gasteiger partial charge < -0.3 is 24.8 Å². The number of rotatable bonds is 2. The second kappa shape index (κ2) is 8.10. The van der Waals surface area contributed by atoms with Gasteiger partial charge in [0.25, 0.3) is 5.92 Å². The van der Waals surface area contributed by atoms with Gasteiger partial charge in [-0.3, -0.25) is 4.79 Å². The lowest BCUT2D eigenvalue weighted by Gasteiger charge is -2.43. The van der Waals surface area contributed by atoms with Crippen LogP contribution in [0.25, 0.3) is 0 Å². The predicted octanol–water partition coefficient (Wildman–Crippen LogP) is 1.14. The van der Waals surface area contributed by atoms with Crippen molar-refractivity contribution >= 4 is 11.9 Å². The van der Waals surface area contributed by atoms with E-state index in [9.17, 15) is 18.4 Å². The van der Waals surface area contributed by atoms with E-state index in [0.29, 0.717) is 45.2 Å². The molecule has 1 N–H and O–H groups in total. The molecule has 0 saturated carbocycles. The Hall–Kier alpha value is -1.48. The topological polar surface area (TPSA) is 65.1 Å². The van der Waals surface area contributed by atoms with Crippen molar-refractivity contribution in [3.05, 3.63) is 0 Å². The third-order valence-electron chi connectivity index (χ3n) is 6.58. The van der Waals surface area contributed by atoms with Gasteiger partial charge in [-0.15, -0.1) is 0 Å². The van der Waals surface area contributed by atoms with Crippen LogP contribution >= 0.6 is 0 Å². The van der Waals surface area contributed by atoms with E-state index in [4.69, 9.17) is 4.74 Å². The molecule has 0 radical (unpaired) electrons. The van der Waals surface area contributed by atoms with Crippen LogP contribution in [0, 0.1) is 5.92 Å². The van der Waals surface area contributed by atoms with Gasteiger partial charge in [0.2, 0.25) is 5.91 Å². The van der Waals surface area contributed by atoms with Crippen LogP contribution in [0.15, 0.2) is 0 Å². The van der Waals surface area contributed by atoms with Crippen LogP contribution in [-0.4, -0.2) is 97.1 Å². The van der Waals surface area contributed by atoms with Crippen molar-refractivity contribution in [3.8, 4) is 0 Å². The molecular weight excluding hydrogens is 370 g/mol. The summed E-state index contributed by atoms with van der Waals surface area (Å²) >= 11 is 0. The zero-order valence-electron chi connectivity index (χ0n) is 16.2. The maximum atomic E-state index is 13.3. The van der Waals surface area contributed by atoms with Crippen molar-refractivity contribution in [2.45, 2.75) is 50.2 Å². The molecule has 0 aromatic heterocycles. The summed E-state index contributed by atoms with van der Waals surface area (Å²) in [5.41, 5.74) is 0. The lowest BCUT2D eigenvalue weighted by atomic mass is 9.95. The largest absolute Gasteiger partial charge is 0.366 e. The van der Waals surface area contributed by atoms with Crippen molar-refractivity contribution in [1.82, 2.24) is 20.0 Å². The number of urea groups is 1. The third-order valence-corrected chi connectivity index (χ3v) is 6.58. The summed E-state index contributed by atoms with van der Waals surface area (Å²) in [7, 11) is 0. The fourth-order valence-corrected chi connectivity index (χ4v) is 4.81. The SMILES string of the molecule is O=C1COC2CCN(C(=O)N3CCC(CN4CCC(F)(F)CC4)CC3)C[C@H]2N1. The van der Waals surface area contributed by atoms with Crippen LogP contribution in [-0.2, 0) is 9.53 Å². The number of ether oxygens (including phenoxy) is 1. The molecule has 0 aromatic rings. The first-order valence-electron chi connectivity index (χ1n) is 10.4. The standard InChI is InChI=1S/C19H30F2N4O3/c20-19(21)4-9-23(10-5-19)11-14-1-6-24(7-2-14)18(27)25-8-3-16-15(12-25)22-17(26)13-28-16/h14-16H,1-13H2,(H,22,26)/t15-,16?/m1/s1. The molecule has 0 aliphatic carbocycles. The second-order valence-electron chi connectivity index (χ2n) is 8.63. The summed E-state index contributed by atoms with van der Waals surface area (Å²) in [5.74, 6) is -2.15. The molecule has 3 amide bonds. The fourth-order valence-electron chi connectivity index (χ4n) is 4.81. The average molecular weight is 400 g/mol. The van der Waals surface area contributed by atoms with Crippen molar-refractivity contribution in [2.75, 3.05) is 52.4 Å². The molecule has 4 heterocycles. The van der Waals surface area contributed by atoms with Crippen LogP contribution in [0.2, 0.25) is 0 Å². The van der Waals surface area contributed by atoms with E-state index in [0.717, 1.165) is 25.8 Å². The second-order valence-corrected chi connectivity index (χ2v) is 8.63. The molecule has 0 aromatic carbocycles. The van der Waals surface area contributed by atoms with Gasteiger partial charge in [-0.2, -0.15) is 0 Å². The number of carbonyl (C=O) groups is 2. The highest BCUT2D eigenvalue weighted by atomic mass is 19.3. The number of halogens is 2. The minimum atomic E-state index is -2.50. The zero-order chi connectivity index (χ0) is 19.7. The lowest BCUT2D eigenvalue weighted by molar-refractivity contribution is -0.139. The molecule has 4 aliphatic rings. The molecular formula is C19H30F2N4O3. The summed E-state index contributed by atoms with van der Waals surface area (Å²) in [6, 6.07) is -0.0805. The number of piperidine rings is 3. The Labute approximate surface area is 164 Å². The molecule has 9 heteroatoms. The Morgan fingerprint density at radius 3 is 2.46 bits per heavy atom. The fraction of sp³-hybridized carbons (Fsp3) is 0.895. The van der Waals surface area contributed by atoms with Gasteiger partial charge >= 0.3 is 6.03 Å². The Balaban J connectivity index is 1.21. The summed E-state index contributed by atoms with van der Waals surface area (Å²) in [4.78, 5) is 30.3. The number of fused-ring (bicyclic) bond motifs is 1. The van der Waals surface area contributed by atoms with E-state index in [1.54, 1.807) is 0 Å². The molecule has 0 bridgehead atoms. The van der Waals surface area contributed by atoms with Crippen molar-refractivity contribution in [1.29, 1.82) is 0 Å². The number of amides is 3. The van der Waals surface area contributed by atoms with Crippen molar-refractivity contribution in [2.24, 2.45) is 5.92 Å². The van der Waals surface area contributed by atoms with Crippen molar-refractivity contribution < 1.29 is 23.1 Å². The predicted molar refractivity (Wildman–Crippen MR) is 98.2 cm³/mol. The quantitative estimate of drug-likeness (QED) is 0.755. The monoisotopic (exact) mass is 400 g/mol. The number of likely N-dealkylation sites (tertiary alicyclic amines) is 3. The van der Waals surface area contributed by atoms with E-state index in [2.05, 4.69) is 10.2 Å². The first kappa shape index (κ1) is 19.8. The Kier molecular flexibility index (Phi) is 5.73. The molecule has 4 fully saturated rings. The number of hydrogen-bond acceptors (Lipinski definition) is 4. The van der Waals surface area contributed by atoms with Gasteiger partial charge in [-0.1, -0.05) is 0 Å². The van der Waals surface area contributed by atoms with Gasteiger partial charge in [-0.05, 0) is 25.2 Å². The summed E-state index contributed by atoms with van der Waals surface area (Å²) < 4.78 is 32.1. The summed E-state index contributed by atoms with van der Waals surface area (Å²) in [6.07, 6.45) is 2.50. The Morgan fingerprint density at radius 1 is 1.07 bits per heavy atom. The molecule has 4 saturated heterocycles. The smallest absolute Gasteiger partial charge is 0.320 e. The number of carbonyl (C=O) groups excluding carboxylic acids is 2. The molecule has 158 valence electrons. The number of nitrogens with zero attached hydrogens (tertiary/aromatic N) is 3. The summed E-state index contributed by atoms with van der Waals surface area (Å²) in [5, 5.41) is 2.93. The molecule has 1 unspecified atom stereocenters. The highest BCUT2D eigenvalue weighted by molar-refractivity contribution is 5.79. The maximum absolute atomic E-state index is 13.3. The van der Waals surface area contributed by atoms with E-state index >= 15 is 0 Å². The number of nitrogens with one attached hydrogen (secondary N) is 1. The molecule has 2 atom stereocenters. The molecule has 0 spiro atoms.